The molecule has 1 heterocycles. The Hall–Kier alpha value is -1.43. The highest BCUT2D eigenvalue weighted by Gasteiger charge is 2.33. The summed E-state index contributed by atoms with van der Waals surface area (Å²) in [6.45, 7) is 5.79. The quantitative estimate of drug-likeness (QED) is 0.816. The predicted octanol–water partition coefficient (Wildman–Crippen LogP) is 2.91. The van der Waals surface area contributed by atoms with Crippen LogP contribution in [-0.4, -0.2) is 43.8 Å². The molecule has 0 radical (unpaired) electrons. The van der Waals surface area contributed by atoms with E-state index in [1.165, 1.54) is 6.07 Å². The van der Waals surface area contributed by atoms with E-state index in [2.05, 4.69) is 0 Å². The Morgan fingerprint density at radius 2 is 2.04 bits per heavy atom. The summed E-state index contributed by atoms with van der Waals surface area (Å²) >= 11 is 0. The lowest BCUT2D eigenvalue weighted by Crippen LogP contribution is -2.38. The lowest BCUT2D eigenvalue weighted by atomic mass is 9.84. The summed E-state index contributed by atoms with van der Waals surface area (Å²) in [5, 5.41) is 0. The molecule has 24 heavy (non-hydrogen) atoms. The maximum atomic E-state index is 13.5. The van der Waals surface area contributed by atoms with Crippen LogP contribution in [0, 0.1) is 18.7 Å². The normalized spacial score (nSPS) is 21.0. The largest absolute Gasteiger partial charge is 0.342 e. The summed E-state index contributed by atoms with van der Waals surface area (Å²) in [5.74, 6) is 0.104. The molecular weight excluding hydrogens is 329 g/mol. The van der Waals surface area contributed by atoms with Gasteiger partial charge in [0.15, 0.2) is 9.84 Å². The van der Waals surface area contributed by atoms with E-state index in [4.69, 9.17) is 0 Å². The molecule has 134 valence electrons. The number of sulfone groups is 1. The number of aryl methyl sites for hydroxylation is 1. The predicted molar refractivity (Wildman–Crippen MR) is 93.2 cm³/mol. The topological polar surface area (TPSA) is 54.5 Å². The van der Waals surface area contributed by atoms with Crippen molar-refractivity contribution in [3.63, 3.8) is 0 Å². The van der Waals surface area contributed by atoms with Crippen LogP contribution >= 0.6 is 0 Å². The summed E-state index contributed by atoms with van der Waals surface area (Å²) in [6, 6.07) is 4.75. The highest BCUT2D eigenvalue weighted by atomic mass is 32.2. The minimum absolute atomic E-state index is 0.0164. The zero-order valence-electron chi connectivity index (χ0n) is 14.8. The zero-order valence-corrected chi connectivity index (χ0v) is 15.6. The Bertz CT molecular complexity index is 715. The van der Waals surface area contributed by atoms with E-state index in [0.717, 1.165) is 5.56 Å². The lowest BCUT2D eigenvalue weighted by molar-refractivity contribution is -0.132. The van der Waals surface area contributed by atoms with E-state index in [1.807, 2.05) is 13.8 Å². The Labute approximate surface area is 144 Å². The van der Waals surface area contributed by atoms with Crippen LogP contribution in [-0.2, 0) is 14.6 Å². The molecule has 1 amide bonds. The van der Waals surface area contributed by atoms with E-state index in [0.29, 0.717) is 18.4 Å². The van der Waals surface area contributed by atoms with Crippen molar-refractivity contribution in [3.8, 4) is 0 Å². The molecule has 6 heteroatoms. The van der Waals surface area contributed by atoms with Gasteiger partial charge in [-0.05, 0) is 42.4 Å². The van der Waals surface area contributed by atoms with Crippen molar-refractivity contribution in [3.05, 3.63) is 35.1 Å². The number of benzene rings is 1. The highest BCUT2D eigenvalue weighted by Crippen LogP contribution is 2.30. The molecule has 1 aliphatic heterocycles. The molecule has 4 nitrogen and oxygen atoms in total. The van der Waals surface area contributed by atoms with Gasteiger partial charge in [0.2, 0.25) is 5.91 Å². The number of carbonyl (C=O) groups is 1. The minimum Gasteiger partial charge on any atom is -0.342 e. The van der Waals surface area contributed by atoms with Crippen molar-refractivity contribution in [1.82, 2.24) is 4.90 Å². The fraction of sp³-hybridized carbons (Fsp3) is 0.611. The van der Waals surface area contributed by atoms with E-state index in [9.17, 15) is 17.6 Å². The molecular formula is C18H26FNO3S. The standard InChI is InChI=1S/C18H26FNO3S/c1-12(2)16(14-5-6-17(19)13(3)9-14)10-18(21)20(4)15-7-8-24(22,23)11-15/h5-6,9,12,15-16H,7-8,10-11H2,1-4H3. The van der Waals surface area contributed by atoms with Gasteiger partial charge < -0.3 is 4.90 Å². The number of hydrogen-bond acceptors (Lipinski definition) is 3. The number of nitrogens with zero attached hydrogens (tertiary/aromatic N) is 1. The second-order valence-corrected chi connectivity index (χ2v) is 9.35. The highest BCUT2D eigenvalue weighted by molar-refractivity contribution is 7.91. The second kappa shape index (κ2) is 7.21. The third-order valence-electron chi connectivity index (χ3n) is 4.96. The SMILES string of the molecule is Cc1cc(C(CC(=O)N(C)C2CCS(=O)(=O)C2)C(C)C)ccc1F. The van der Waals surface area contributed by atoms with Crippen LogP contribution in [0.4, 0.5) is 4.39 Å². The molecule has 0 aromatic heterocycles. The molecule has 0 bridgehead atoms. The summed E-state index contributed by atoms with van der Waals surface area (Å²) in [5.41, 5.74) is 1.52. The maximum Gasteiger partial charge on any atom is 0.223 e. The van der Waals surface area contributed by atoms with Gasteiger partial charge in [0.05, 0.1) is 11.5 Å². The Kier molecular flexibility index (Phi) is 5.68. The van der Waals surface area contributed by atoms with Crippen LogP contribution in [0.1, 0.15) is 43.7 Å². The molecule has 1 saturated heterocycles. The van der Waals surface area contributed by atoms with Crippen LogP contribution in [0.5, 0.6) is 0 Å². The summed E-state index contributed by atoms with van der Waals surface area (Å²) in [7, 11) is -1.34. The van der Waals surface area contributed by atoms with Crippen molar-refractivity contribution in [2.24, 2.45) is 5.92 Å². The second-order valence-electron chi connectivity index (χ2n) is 7.12. The van der Waals surface area contributed by atoms with Crippen molar-refractivity contribution in [2.45, 2.75) is 45.6 Å². The Morgan fingerprint density at radius 1 is 1.38 bits per heavy atom. The van der Waals surface area contributed by atoms with Crippen molar-refractivity contribution < 1.29 is 17.6 Å². The lowest BCUT2D eigenvalue weighted by Gasteiger charge is -2.28. The third-order valence-corrected chi connectivity index (χ3v) is 6.71. The summed E-state index contributed by atoms with van der Waals surface area (Å²) in [6.07, 6.45) is 0.808. The van der Waals surface area contributed by atoms with Gasteiger partial charge in [-0.2, -0.15) is 0 Å². The Balaban J connectivity index is 2.12. The molecule has 0 N–H and O–H groups in total. The van der Waals surface area contributed by atoms with Gasteiger partial charge in [0, 0.05) is 19.5 Å². The minimum atomic E-state index is -3.02. The molecule has 0 saturated carbocycles. The molecule has 2 rings (SSSR count). The molecule has 2 atom stereocenters. The molecule has 0 spiro atoms. The smallest absolute Gasteiger partial charge is 0.223 e. The Morgan fingerprint density at radius 3 is 2.54 bits per heavy atom. The van der Waals surface area contributed by atoms with Crippen LogP contribution in [0.3, 0.4) is 0 Å². The zero-order chi connectivity index (χ0) is 18.1. The van der Waals surface area contributed by atoms with Crippen LogP contribution in [0.2, 0.25) is 0 Å². The first-order valence-electron chi connectivity index (χ1n) is 8.33. The molecule has 1 aliphatic rings. The van der Waals surface area contributed by atoms with Crippen molar-refractivity contribution in [2.75, 3.05) is 18.6 Å². The first-order chi connectivity index (χ1) is 11.1. The number of amides is 1. The van der Waals surface area contributed by atoms with Crippen molar-refractivity contribution in [1.29, 1.82) is 0 Å². The monoisotopic (exact) mass is 355 g/mol. The molecule has 1 aromatic rings. The van der Waals surface area contributed by atoms with Gasteiger partial charge in [0.1, 0.15) is 5.82 Å². The number of rotatable bonds is 5. The van der Waals surface area contributed by atoms with Gasteiger partial charge in [-0.25, -0.2) is 12.8 Å². The van der Waals surface area contributed by atoms with Gasteiger partial charge in [-0.3, -0.25) is 4.79 Å². The fourth-order valence-electron chi connectivity index (χ4n) is 3.25. The average Bonchev–Trinajstić information content (AvgIpc) is 2.86. The molecule has 1 fully saturated rings. The average molecular weight is 355 g/mol. The molecule has 0 aliphatic carbocycles. The van der Waals surface area contributed by atoms with Gasteiger partial charge >= 0.3 is 0 Å². The van der Waals surface area contributed by atoms with E-state index in [1.54, 1.807) is 31.0 Å². The summed E-state index contributed by atoms with van der Waals surface area (Å²) in [4.78, 5) is 14.2. The first-order valence-corrected chi connectivity index (χ1v) is 10.1. The third kappa shape index (κ3) is 4.35. The van der Waals surface area contributed by atoms with Gasteiger partial charge in [-0.1, -0.05) is 26.0 Å². The first kappa shape index (κ1) is 18.9. The fourth-order valence-corrected chi connectivity index (χ4v) is 5.03. The van der Waals surface area contributed by atoms with Crippen LogP contribution < -0.4 is 0 Å². The number of halogens is 1. The van der Waals surface area contributed by atoms with Gasteiger partial charge in [-0.15, -0.1) is 0 Å². The van der Waals surface area contributed by atoms with Crippen LogP contribution in [0.15, 0.2) is 18.2 Å². The number of hydrogen-bond donors (Lipinski definition) is 0. The maximum absolute atomic E-state index is 13.5. The summed E-state index contributed by atoms with van der Waals surface area (Å²) < 4.78 is 36.7. The molecule has 2 unspecified atom stereocenters. The van der Waals surface area contributed by atoms with Crippen molar-refractivity contribution >= 4 is 15.7 Å². The molecule has 1 aromatic carbocycles. The van der Waals surface area contributed by atoms with E-state index in [-0.39, 0.29) is 41.1 Å². The van der Waals surface area contributed by atoms with Crippen LogP contribution in [0.25, 0.3) is 0 Å². The van der Waals surface area contributed by atoms with Gasteiger partial charge in [0.25, 0.3) is 0 Å². The number of carbonyl (C=O) groups excluding carboxylic acids is 1. The van der Waals surface area contributed by atoms with E-state index < -0.39 is 9.84 Å². The van der Waals surface area contributed by atoms with E-state index >= 15 is 0 Å².